The maximum Gasteiger partial charge on any atom is 0.227 e. The summed E-state index contributed by atoms with van der Waals surface area (Å²) in [7, 11) is 0. The molecule has 0 saturated heterocycles. The summed E-state index contributed by atoms with van der Waals surface area (Å²) in [6.07, 6.45) is 5.14. The topological polar surface area (TPSA) is 123 Å². The molecule has 0 radical (unpaired) electrons. The Morgan fingerprint density at radius 2 is 1.45 bits per heavy atom. The highest BCUT2D eigenvalue weighted by Crippen LogP contribution is 2.34. The van der Waals surface area contributed by atoms with Crippen molar-refractivity contribution in [2.75, 3.05) is 16.8 Å². The average molecular weight is 443 g/mol. The molecule has 5 N–H and O–H groups in total. The Hall–Kier alpha value is -4.18. The number of hydrogen-bond acceptors (Lipinski definition) is 6. The number of ether oxygens (including phenoxy) is 2. The maximum atomic E-state index is 12.8. The van der Waals surface area contributed by atoms with Crippen LogP contribution in [0.4, 0.5) is 17.1 Å². The van der Waals surface area contributed by atoms with Crippen molar-refractivity contribution in [1.29, 1.82) is 5.26 Å². The predicted octanol–water partition coefficient (Wildman–Crippen LogP) is 5.83. The Bertz CT molecular complexity index is 1180. The zero-order valence-corrected chi connectivity index (χ0v) is 18.2. The predicted molar refractivity (Wildman–Crippen MR) is 128 cm³/mol. The number of carbonyl (C=O) groups is 1. The van der Waals surface area contributed by atoms with Crippen LogP contribution >= 0.6 is 0 Å². The molecule has 1 aliphatic rings. The fourth-order valence-electron chi connectivity index (χ4n) is 3.86. The van der Waals surface area contributed by atoms with Gasteiger partial charge in [0, 0.05) is 35.9 Å². The molecule has 3 aromatic carbocycles. The first-order valence-electron chi connectivity index (χ1n) is 11.0. The van der Waals surface area contributed by atoms with Crippen molar-refractivity contribution < 1.29 is 14.3 Å². The van der Waals surface area contributed by atoms with E-state index in [0.29, 0.717) is 45.6 Å². The average Bonchev–Trinajstić information content (AvgIpc) is 2.82. The first-order chi connectivity index (χ1) is 16.0. The Morgan fingerprint density at radius 1 is 0.818 bits per heavy atom. The summed E-state index contributed by atoms with van der Waals surface area (Å²) in [5.74, 6) is 2.06. The van der Waals surface area contributed by atoms with Crippen LogP contribution in [0, 0.1) is 17.2 Å². The van der Waals surface area contributed by atoms with E-state index in [1.807, 2.05) is 0 Å². The van der Waals surface area contributed by atoms with Gasteiger partial charge in [0.25, 0.3) is 0 Å². The molecule has 168 valence electrons. The van der Waals surface area contributed by atoms with Gasteiger partial charge in [0.15, 0.2) is 0 Å². The molecule has 7 nitrogen and oxygen atoms in total. The molecule has 4 rings (SSSR count). The number of carbonyl (C=O) groups excluding carboxylic acids is 1. The number of benzene rings is 3. The third-order valence-corrected chi connectivity index (χ3v) is 5.64. The number of nitrogens with one attached hydrogen (secondary N) is 1. The van der Waals surface area contributed by atoms with Gasteiger partial charge >= 0.3 is 0 Å². The van der Waals surface area contributed by atoms with Crippen LogP contribution in [-0.4, -0.2) is 5.91 Å². The number of nitrogens with zero attached hydrogens (tertiary/aromatic N) is 1. The Morgan fingerprint density at radius 3 is 2.09 bits per heavy atom. The standard InChI is InChI=1S/C26H26N4O3/c27-16-17-6-8-20(9-7-17)32-22-12-19(30-26(31)18-4-2-1-3-5-18)13-23(14-22)33-21-10-11-24(28)25(29)15-21/h6-15,18H,1-5,28-29H2,(H,30,31). The fourth-order valence-corrected chi connectivity index (χ4v) is 3.86. The van der Waals surface area contributed by atoms with E-state index in [1.165, 1.54) is 6.42 Å². The molecule has 7 heteroatoms. The van der Waals surface area contributed by atoms with E-state index in [2.05, 4.69) is 11.4 Å². The SMILES string of the molecule is N#Cc1ccc(Oc2cc(NC(=O)C3CCCCC3)cc(Oc3ccc(N)c(N)c3)c2)cc1. The minimum Gasteiger partial charge on any atom is -0.457 e. The minimum absolute atomic E-state index is 0.00732. The van der Waals surface area contributed by atoms with Crippen LogP contribution in [0.2, 0.25) is 0 Å². The van der Waals surface area contributed by atoms with Crippen LogP contribution in [0.1, 0.15) is 37.7 Å². The van der Waals surface area contributed by atoms with E-state index >= 15 is 0 Å². The molecule has 0 atom stereocenters. The van der Waals surface area contributed by atoms with Gasteiger partial charge in [0.05, 0.1) is 23.0 Å². The quantitative estimate of drug-likeness (QED) is 0.413. The largest absolute Gasteiger partial charge is 0.457 e. The first-order valence-corrected chi connectivity index (χ1v) is 11.0. The molecule has 0 bridgehead atoms. The van der Waals surface area contributed by atoms with Crippen LogP contribution in [0.25, 0.3) is 0 Å². The molecule has 0 aromatic heterocycles. The highest BCUT2D eigenvalue weighted by molar-refractivity contribution is 5.93. The Balaban J connectivity index is 1.60. The van der Waals surface area contributed by atoms with E-state index in [9.17, 15) is 4.79 Å². The number of rotatable bonds is 6. The second-order valence-corrected chi connectivity index (χ2v) is 8.15. The molecule has 0 spiro atoms. The van der Waals surface area contributed by atoms with Crippen LogP contribution in [0.15, 0.2) is 60.7 Å². The monoisotopic (exact) mass is 442 g/mol. The van der Waals surface area contributed by atoms with E-state index in [-0.39, 0.29) is 11.8 Å². The summed E-state index contributed by atoms with van der Waals surface area (Å²) in [5, 5.41) is 12.0. The zero-order valence-electron chi connectivity index (χ0n) is 18.2. The van der Waals surface area contributed by atoms with E-state index < -0.39 is 0 Å². The number of nitrogen functional groups attached to an aromatic ring is 2. The van der Waals surface area contributed by atoms with Crippen LogP contribution in [-0.2, 0) is 4.79 Å². The summed E-state index contributed by atoms with van der Waals surface area (Å²) < 4.78 is 12.0. The lowest BCUT2D eigenvalue weighted by molar-refractivity contribution is -0.120. The van der Waals surface area contributed by atoms with E-state index in [1.54, 1.807) is 60.7 Å². The summed E-state index contributed by atoms with van der Waals surface area (Å²) in [4.78, 5) is 12.8. The lowest BCUT2D eigenvalue weighted by atomic mass is 9.88. The molecule has 1 aliphatic carbocycles. The summed E-state index contributed by atoms with van der Waals surface area (Å²) in [6.45, 7) is 0. The Kier molecular flexibility index (Phi) is 6.65. The maximum absolute atomic E-state index is 12.8. The van der Waals surface area contributed by atoms with Crippen molar-refractivity contribution in [2.24, 2.45) is 5.92 Å². The highest BCUT2D eigenvalue weighted by atomic mass is 16.5. The van der Waals surface area contributed by atoms with Crippen LogP contribution < -0.4 is 26.3 Å². The fraction of sp³-hybridized carbons (Fsp3) is 0.231. The number of anilines is 3. The smallest absolute Gasteiger partial charge is 0.227 e. The Labute approximate surface area is 192 Å². The molecule has 33 heavy (non-hydrogen) atoms. The van der Waals surface area contributed by atoms with Crippen molar-refractivity contribution in [1.82, 2.24) is 0 Å². The molecule has 0 unspecified atom stereocenters. The number of hydrogen-bond donors (Lipinski definition) is 3. The van der Waals surface area contributed by atoms with Crippen molar-refractivity contribution in [2.45, 2.75) is 32.1 Å². The van der Waals surface area contributed by atoms with Gasteiger partial charge in [-0.3, -0.25) is 4.79 Å². The van der Waals surface area contributed by atoms with Gasteiger partial charge in [-0.2, -0.15) is 5.26 Å². The third kappa shape index (κ3) is 5.74. The molecule has 3 aromatic rings. The lowest BCUT2D eigenvalue weighted by Gasteiger charge is -2.21. The zero-order chi connectivity index (χ0) is 23.2. The summed E-state index contributed by atoms with van der Waals surface area (Å²) >= 11 is 0. The summed E-state index contributed by atoms with van der Waals surface area (Å²) in [6, 6.07) is 19.1. The number of nitriles is 1. The van der Waals surface area contributed by atoms with Gasteiger partial charge in [-0.15, -0.1) is 0 Å². The summed E-state index contributed by atoms with van der Waals surface area (Å²) in [5.41, 5.74) is 13.7. The number of amides is 1. The van der Waals surface area contributed by atoms with Crippen LogP contribution in [0.3, 0.4) is 0 Å². The lowest BCUT2D eigenvalue weighted by Crippen LogP contribution is -2.24. The van der Waals surface area contributed by atoms with Crippen LogP contribution in [0.5, 0.6) is 23.0 Å². The third-order valence-electron chi connectivity index (χ3n) is 5.64. The van der Waals surface area contributed by atoms with E-state index in [0.717, 1.165) is 25.7 Å². The van der Waals surface area contributed by atoms with Gasteiger partial charge in [0.2, 0.25) is 5.91 Å². The molecular formula is C26H26N4O3. The molecule has 1 amide bonds. The van der Waals surface area contributed by atoms with E-state index in [4.69, 9.17) is 26.2 Å². The first kappa shape index (κ1) is 22.0. The molecular weight excluding hydrogens is 416 g/mol. The van der Waals surface area contributed by atoms with Crippen molar-refractivity contribution >= 4 is 23.0 Å². The number of nitrogens with two attached hydrogens (primary N) is 2. The van der Waals surface area contributed by atoms with Crippen molar-refractivity contribution in [3.8, 4) is 29.1 Å². The second kappa shape index (κ2) is 9.96. The molecule has 1 saturated carbocycles. The van der Waals surface area contributed by atoms with Crippen molar-refractivity contribution in [3.63, 3.8) is 0 Å². The minimum atomic E-state index is 0.00732. The molecule has 0 aliphatic heterocycles. The van der Waals surface area contributed by atoms with Gasteiger partial charge in [-0.1, -0.05) is 19.3 Å². The molecule has 0 heterocycles. The normalized spacial score (nSPS) is 13.7. The van der Waals surface area contributed by atoms with Crippen molar-refractivity contribution in [3.05, 3.63) is 66.2 Å². The molecule has 1 fully saturated rings. The van der Waals surface area contributed by atoms with Gasteiger partial charge in [0.1, 0.15) is 23.0 Å². The second-order valence-electron chi connectivity index (χ2n) is 8.15. The van der Waals surface area contributed by atoms with Gasteiger partial charge < -0.3 is 26.3 Å². The van der Waals surface area contributed by atoms with Gasteiger partial charge in [-0.25, -0.2) is 0 Å². The van der Waals surface area contributed by atoms with Gasteiger partial charge in [-0.05, 0) is 49.2 Å². The highest BCUT2D eigenvalue weighted by Gasteiger charge is 2.21.